The third kappa shape index (κ3) is 3.35. The van der Waals surface area contributed by atoms with Gasteiger partial charge in [0.25, 0.3) is 0 Å². The van der Waals surface area contributed by atoms with Crippen molar-refractivity contribution in [3.05, 3.63) is 34.6 Å². The van der Waals surface area contributed by atoms with Crippen molar-refractivity contribution in [1.29, 1.82) is 0 Å². The van der Waals surface area contributed by atoms with E-state index in [1.54, 1.807) is 0 Å². The minimum atomic E-state index is 0. The van der Waals surface area contributed by atoms with Gasteiger partial charge in [-0.05, 0) is 38.1 Å². The lowest BCUT2D eigenvalue weighted by Crippen LogP contribution is -2.26. The molecule has 4 nitrogen and oxygen atoms in total. The van der Waals surface area contributed by atoms with E-state index in [1.807, 2.05) is 24.3 Å². The van der Waals surface area contributed by atoms with Gasteiger partial charge in [-0.25, -0.2) is 0 Å². The van der Waals surface area contributed by atoms with Crippen molar-refractivity contribution < 1.29 is 4.52 Å². The van der Waals surface area contributed by atoms with Crippen LogP contribution in [0.5, 0.6) is 0 Å². The second-order valence-electron chi connectivity index (χ2n) is 4.49. The van der Waals surface area contributed by atoms with Gasteiger partial charge in [-0.1, -0.05) is 33.2 Å². The van der Waals surface area contributed by atoms with E-state index in [9.17, 15) is 0 Å². The maximum absolute atomic E-state index is 5.39. The van der Waals surface area contributed by atoms with Crippen LogP contribution in [-0.2, 0) is 0 Å². The molecule has 2 heterocycles. The average Bonchev–Trinajstić information content (AvgIpc) is 2.89. The maximum atomic E-state index is 5.39. The van der Waals surface area contributed by atoms with E-state index >= 15 is 0 Å². The molecule has 0 aliphatic carbocycles. The zero-order valence-electron chi connectivity index (χ0n) is 10.3. The van der Waals surface area contributed by atoms with Crippen molar-refractivity contribution in [2.75, 3.05) is 13.1 Å². The molecule has 1 aliphatic rings. The monoisotopic (exact) mass is 343 g/mol. The van der Waals surface area contributed by atoms with Crippen LogP contribution in [0.15, 0.2) is 33.3 Å². The molecule has 0 unspecified atom stereocenters. The minimum Gasteiger partial charge on any atom is -0.339 e. The summed E-state index contributed by atoms with van der Waals surface area (Å²) in [6.07, 6.45) is 2.14. The lowest BCUT2D eigenvalue weighted by molar-refractivity contribution is 0.320. The molecule has 2 aromatic rings. The van der Waals surface area contributed by atoms with Crippen LogP contribution in [0.1, 0.15) is 24.7 Å². The average molecular weight is 345 g/mol. The fourth-order valence-electron chi connectivity index (χ4n) is 2.21. The molecule has 3 rings (SSSR count). The summed E-state index contributed by atoms with van der Waals surface area (Å²) < 4.78 is 6.42. The standard InChI is InChI=1S/C13H14BrN3O.ClH/c14-11-3-1-2-10(8-11)12-16-13(18-17-12)9-4-6-15-7-5-9;/h1-3,8-9,15H,4-7H2;1H. The lowest BCUT2D eigenvalue weighted by atomic mass is 9.98. The van der Waals surface area contributed by atoms with Gasteiger partial charge in [0.05, 0.1) is 0 Å². The molecule has 0 radical (unpaired) electrons. The summed E-state index contributed by atoms with van der Waals surface area (Å²) in [4.78, 5) is 4.52. The van der Waals surface area contributed by atoms with E-state index in [-0.39, 0.29) is 12.4 Å². The summed E-state index contributed by atoms with van der Waals surface area (Å²) in [5.74, 6) is 1.84. The molecule has 0 spiro atoms. The van der Waals surface area contributed by atoms with Crippen LogP contribution in [0.2, 0.25) is 0 Å². The van der Waals surface area contributed by atoms with Gasteiger partial charge in [-0.2, -0.15) is 4.98 Å². The zero-order valence-corrected chi connectivity index (χ0v) is 12.7. The van der Waals surface area contributed by atoms with Crippen molar-refractivity contribution in [2.24, 2.45) is 0 Å². The zero-order chi connectivity index (χ0) is 12.4. The fraction of sp³-hybridized carbons (Fsp3) is 0.385. The predicted molar refractivity (Wildman–Crippen MR) is 79.5 cm³/mol. The van der Waals surface area contributed by atoms with Crippen LogP contribution in [-0.4, -0.2) is 23.2 Å². The van der Waals surface area contributed by atoms with Gasteiger partial charge in [0.15, 0.2) is 0 Å². The van der Waals surface area contributed by atoms with Crippen molar-refractivity contribution in [3.63, 3.8) is 0 Å². The highest BCUT2D eigenvalue weighted by Crippen LogP contribution is 2.26. The van der Waals surface area contributed by atoms with E-state index in [2.05, 4.69) is 31.4 Å². The molecule has 19 heavy (non-hydrogen) atoms. The number of hydrogen-bond donors (Lipinski definition) is 1. The summed E-state index contributed by atoms with van der Waals surface area (Å²) in [6, 6.07) is 7.94. The topological polar surface area (TPSA) is 51.0 Å². The van der Waals surface area contributed by atoms with Crippen LogP contribution in [0, 0.1) is 0 Å². The largest absolute Gasteiger partial charge is 0.339 e. The van der Waals surface area contributed by atoms with Crippen LogP contribution in [0.4, 0.5) is 0 Å². The highest BCUT2D eigenvalue weighted by atomic mass is 79.9. The first-order chi connectivity index (χ1) is 8.83. The molecular formula is C13H15BrClN3O. The minimum absolute atomic E-state index is 0. The molecule has 1 aromatic carbocycles. The van der Waals surface area contributed by atoms with Crippen LogP contribution in [0.25, 0.3) is 11.4 Å². The van der Waals surface area contributed by atoms with Gasteiger partial charge >= 0.3 is 0 Å². The molecule has 1 N–H and O–H groups in total. The van der Waals surface area contributed by atoms with Crippen LogP contribution < -0.4 is 5.32 Å². The Balaban J connectivity index is 0.00000133. The first kappa shape index (κ1) is 14.5. The number of aromatic nitrogens is 2. The number of rotatable bonds is 2. The van der Waals surface area contributed by atoms with Crippen molar-refractivity contribution in [2.45, 2.75) is 18.8 Å². The van der Waals surface area contributed by atoms with E-state index in [0.717, 1.165) is 41.9 Å². The van der Waals surface area contributed by atoms with E-state index in [1.165, 1.54) is 0 Å². The van der Waals surface area contributed by atoms with Gasteiger partial charge in [0.1, 0.15) is 0 Å². The molecule has 1 aromatic heterocycles. The Morgan fingerprint density at radius 2 is 2.05 bits per heavy atom. The first-order valence-electron chi connectivity index (χ1n) is 6.13. The third-order valence-corrected chi connectivity index (χ3v) is 3.71. The van der Waals surface area contributed by atoms with Gasteiger partial charge in [0, 0.05) is 16.0 Å². The van der Waals surface area contributed by atoms with Crippen LogP contribution >= 0.6 is 28.3 Å². The molecule has 6 heteroatoms. The number of nitrogens with one attached hydrogen (secondary N) is 1. The Labute approximate surface area is 126 Å². The Kier molecular flexibility index (Phi) is 4.96. The van der Waals surface area contributed by atoms with Crippen LogP contribution in [0.3, 0.4) is 0 Å². The van der Waals surface area contributed by atoms with E-state index < -0.39 is 0 Å². The number of halogens is 2. The van der Waals surface area contributed by atoms with Crippen molar-refractivity contribution in [3.8, 4) is 11.4 Å². The Hall–Kier alpha value is -0.910. The number of hydrogen-bond acceptors (Lipinski definition) is 4. The van der Waals surface area contributed by atoms with Gasteiger partial charge < -0.3 is 9.84 Å². The van der Waals surface area contributed by atoms with Crippen molar-refractivity contribution in [1.82, 2.24) is 15.5 Å². The Morgan fingerprint density at radius 3 is 2.79 bits per heavy atom. The summed E-state index contributed by atoms with van der Waals surface area (Å²) in [7, 11) is 0. The second kappa shape index (κ2) is 6.50. The molecule has 1 aliphatic heterocycles. The lowest BCUT2D eigenvalue weighted by Gasteiger charge is -2.18. The second-order valence-corrected chi connectivity index (χ2v) is 5.41. The summed E-state index contributed by atoms with van der Waals surface area (Å²) in [5, 5.41) is 7.41. The molecule has 1 saturated heterocycles. The Morgan fingerprint density at radius 1 is 1.26 bits per heavy atom. The summed E-state index contributed by atoms with van der Waals surface area (Å²) in [6.45, 7) is 2.05. The van der Waals surface area contributed by atoms with Gasteiger partial charge in [-0.15, -0.1) is 12.4 Å². The number of piperidine rings is 1. The summed E-state index contributed by atoms with van der Waals surface area (Å²) >= 11 is 3.45. The molecule has 0 amide bonds. The van der Waals surface area contributed by atoms with E-state index in [0.29, 0.717) is 11.7 Å². The summed E-state index contributed by atoms with van der Waals surface area (Å²) in [5.41, 5.74) is 0.980. The Bertz CT molecular complexity index is 540. The van der Waals surface area contributed by atoms with Gasteiger partial charge in [0.2, 0.25) is 11.7 Å². The first-order valence-corrected chi connectivity index (χ1v) is 6.92. The SMILES string of the molecule is Brc1cccc(-c2noc(C3CCNCC3)n2)c1.Cl. The maximum Gasteiger partial charge on any atom is 0.230 e. The smallest absolute Gasteiger partial charge is 0.230 e. The number of nitrogens with zero attached hydrogens (tertiary/aromatic N) is 2. The number of benzene rings is 1. The van der Waals surface area contributed by atoms with Gasteiger partial charge in [-0.3, -0.25) is 0 Å². The molecule has 0 bridgehead atoms. The molecule has 0 atom stereocenters. The molecular weight excluding hydrogens is 330 g/mol. The molecule has 0 saturated carbocycles. The molecule has 102 valence electrons. The fourth-order valence-corrected chi connectivity index (χ4v) is 2.61. The van der Waals surface area contributed by atoms with Crippen molar-refractivity contribution >= 4 is 28.3 Å². The molecule has 1 fully saturated rings. The quantitative estimate of drug-likeness (QED) is 0.907. The normalized spacial score (nSPS) is 16.1. The third-order valence-electron chi connectivity index (χ3n) is 3.21. The predicted octanol–water partition coefficient (Wildman–Crippen LogP) is 3.39. The van der Waals surface area contributed by atoms with E-state index in [4.69, 9.17) is 4.52 Å². The highest BCUT2D eigenvalue weighted by molar-refractivity contribution is 9.10. The highest BCUT2D eigenvalue weighted by Gasteiger charge is 2.21.